The number of hydrogen-bond acceptors (Lipinski definition) is 3. The first-order chi connectivity index (χ1) is 27.2. The Hall–Kier alpha value is -6.52. The molecule has 11 aromatic rings. The molecule has 11 rings (SSSR count). The molecule has 0 amide bonds. The highest BCUT2D eigenvalue weighted by Crippen LogP contribution is 2.46. The second-order valence-corrected chi connectivity index (χ2v) is 16.3. The summed E-state index contributed by atoms with van der Waals surface area (Å²) in [7, 11) is 0. The second-order valence-electron chi connectivity index (χ2n) is 14.1. The van der Waals surface area contributed by atoms with E-state index < -0.39 is 0 Å². The molecule has 0 saturated heterocycles. The molecule has 0 aliphatic carbocycles. The number of fused-ring (bicyclic) bond motifs is 7. The van der Waals surface area contributed by atoms with Crippen LogP contribution in [0.1, 0.15) is 0 Å². The predicted octanol–water partition coefficient (Wildman–Crippen LogP) is 16.0. The van der Waals surface area contributed by atoms with Crippen molar-refractivity contribution in [2.75, 3.05) is 4.90 Å². The lowest BCUT2D eigenvalue weighted by Crippen LogP contribution is -2.11. The van der Waals surface area contributed by atoms with E-state index in [2.05, 4.69) is 205 Å². The van der Waals surface area contributed by atoms with Crippen molar-refractivity contribution in [1.29, 1.82) is 0 Å². The van der Waals surface area contributed by atoms with Crippen LogP contribution in [0.5, 0.6) is 0 Å². The minimum atomic E-state index is 1.11. The minimum Gasteiger partial charge on any atom is -0.310 e. The van der Waals surface area contributed by atoms with Crippen LogP contribution >= 0.6 is 22.7 Å². The van der Waals surface area contributed by atoms with E-state index in [9.17, 15) is 0 Å². The summed E-state index contributed by atoms with van der Waals surface area (Å²) in [5, 5.41) is 7.71. The Kier molecular flexibility index (Phi) is 7.61. The van der Waals surface area contributed by atoms with Crippen LogP contribution in [0, 0.1) is 0 Å². The van der Waals surface area contributed by atoms with Crippen molar-refractivity contribution in [3.05, 3.63) is 200 Å². The van der Waals surface area contributed by atoms with Crippen molar-refractivity contribution in [3.8, 4) is 33.4 Å². The summed E-state index contributed by atoms with van der Waals surface area (Å²) in [5.74, 6) is 0. The lowest BCUT2D eigenvalue weighted by molar-refractivity contribution is 1.29. The summed E-state index contributed by atoms with van der Waals surface area (Å²) < 4.78 is 5.26. The van der Waals surface area contributed by atoms with Gasteiger partial charge >= 0.3 is 0 Å². The molecule has 0 unspecified atom stereocenters. The zero-order valence-corrected chi connectivity index (χ0v) is 31.4. The van der Waals surface area contributed by atoms with Gasteiger partial charge in [0.15, 0.2) is 0 Å². The molecule has 0 spiro atoms. The number of thiophene rings is 2. The third kappa shape index (κ3) is 5.51. The van der Waals surface area contributed by atoms with Gasteiger partial charge in [-0.3, -0.25) is 0 Å². The fraction of sp³-hybridized carbons (Fsp3) is 0. The van der Waals surface area contributed by atoms with Gasteiger partial charge in [0.2, 0.25) is 0 Å². The highest BCUT2D eigenvalue weighted by molar-refractivity contribution is 7.26. The van der Waals surface area contributed by atoms with E-state index in [4.69, 9.17) is 0 Å². The zero-order valence-electron chi connectivity index (χ0n) is 29.8. The van der Waals surface area contributed by atoms with Crippen molar-refractivity contribution in [2.24, 2.45) is 0 Å². The van der Waals surface area contributed by atoms with Crippen molar-refractivity contribution in [1.82, 2.24) is 0 Å². The highest BCUT2D eigenvalue weighted by Gasteiger charge is 2.21. The largest absolute Gasteiger partial charge is 0.310 e. The Morgan fingerprint density at radius 3 is 1.62 bits per heavy atom. The van der Waals surface area contributed by atoms with Crippen LogP contribution in [-0.2, 0) is 0 Å². The first kappa shape index (κ1) is 32.0. The maximum Gasteiger partial charge on any atom is 0.0546 e. The minimum absolute atomic E-state index is 1.11. The van der Waals surface area contributed by atoms with Gasteiger partial charge in [-0.1, -0.05) is 140 Å². The molecule has 0 radical (unpaired) electrons. The Morgan fingerprint density at radius 2 is 0.855 bits per heavy atom. The van der Waals surface area contributed by atoms with E-state index in [0.29, 0.717) is 0 Å². The zero-order chi connectivity index (χ0) is 36.3. The highest BCUT2D eigenvalue weighted by atomic mass is 32.1. The monoisotopic (exact) mass is 735 g/mol. The number of benzene rings is 9. The Bertz CT molecular complexity index is 3200. The molecule has 0 aliphatic rings. The van der Waals surface area contributed by atoms with Gasteiger partial charge in [0.25, 0.3) is 0 Å². The quantitative estimate of drug-likeness (QED) is 0.164. The fourth-order valence-electron chi connectivity index (χ4n) is 8.21. The normalized spacial score (nSPS) is 11.6. The van der Waals surface area contributed by atoms with Gasteiger partial charge in [-0.25, -0.2) is 0 Å². The topological polar surface area (TPSA) is 3.24 Å². The van der Waals surface area contributed by atoms with Crippen molar-refractivity contribution in [2.45, 2.75) is 0 Å². The summed E-state index contributed by atoms with van der Waals surface area (Å²) in [4.78, 5) is 2.46. The van der Waals surface area contributed by atoms with Crippen molar-refractivity contribution in [3.63, 3.8) is 0 Å². The Balaban J connectivity index is 1.13. The molecular formula is C52H33NS2. The molecule has 9 aromatic carbocycles. The summed E-state index contributed by atoms with van der Waals surface area (Å²) in [5.41, 5.74) is 10.6. The fourth-order valence-corrected chi connectivity index (χ4v) is 10.4. The van der Waals surface area contributed by atoms with Crippen molar-refractivity contribution >= 4 is 90.9 Å². The van der Waals surface area contributed by atoms with Crippen LogP contribution < -0.4 is 4.90 Å². The van der Waals surface area contributed by atoms with E-state index in [1.807, 2.05) is 22.7 Å². The molecule has 258 valence electrons. The van der Waals surface area contributed by atoms with Crippen LogP contribution in [0.2, 0.25) is 0 Å². The molecule has 2 aromatic heterocycles. The lowest BCUT2D eigenvalue weighted by Gasteiger charge is -2.29. The first-order valence-electron chi connectivity index (χ1n) is 18.7. The maximum absolute atomic E-state index is 2.46. The lowest BCUT2D eigenvalue weighted by atomic mass is 9.94. The third-order valence-corrected chi connectivity index (χ3v) is 13.2. The molecule has 55 heavy (non-hydrogen) atoms. The van der Waals surface area contributed by atoms with Crippen molar-refractivity contribution < 1.29 is 0 Å². The first-order valence-corrected chi connectivity index (χ1v) is 20.3. The average molecular weight is 736 g/mol. The summed E-state index contributed by atoms with van der Waals surface area (Å²) in [6.07, 6.45) is 0. The molecule has 0 fully saturated rings. The molecule has 2 heterocycles. The molecule has 0 aliphatic heterocycles. The third-order valence-electron chi connectivity index (χ3n) is 10.9. The van der Waals surface area contributed by atoms with E-state index in [1.165, 1.54) is 84.5 Å². The molecule has 1 nitrogen and oxygen atoms in total. The van der Waals surface area contributed by atoms with Gasteiger partial charge in [-0.05, 0) is 99.3 Å². The second kappa shape index (κ2) is 13.1. The number of nitrogens with zero attached hydrogens (tertiary/aromatic N) is 1. The number of anilines is 3. The van der Waals surface area contributed by atoms with Crippen LogP contribution in [0.4, 0.5) is 17.1 Å². The average Bonchev–Trinajstić information content (AvgIpc) is 3.82. The molecule has 0 bridgehead atoms. The van der Waals surface area contributed by atoms with Gasteiger partial charge in [-0.2, -0.15) is 0 Å². The molecule has 0 atom stereocenters. The molecular weight excluding hydrogens is 703 g/mol. The summed E-state index contributed by atoms with van der Waals surface area (Å²) >= 11 is 3.72. The van der Waals surface area contributed by atoms with Gasteiger partial charge in [-0.15, -0.1) is 22.7 Å². The molecule has 3 heteroatoms. The van der Waals surface area contributed by atoms with Crippen LogP contribution in [0.25, 0.3) is 84.5 Å². The SMILES string of the molecule is c1ccc(-c2ccc(-c3cccc4ccccc34)cc2N(c2ccc(-c3ccc4sc5ccccc5c4c3)cc2)c2ccc3sc4ccccc4c3c2)cc1. The van der Waals surface area contributed by atoms with Crippen LogP contribution in [0.15, 0.2) is 200 Å². The Morgan fingerprint density at radius 1 is 0.291 bits per heavy atom. The standard InChI is InChI=1S/C52H33NS2/c1-2-11-36(12-3-1)43-28-23-38(42-18-10-14-35-13-4-5-15-41(35)42)32-48(43)53(40-27-30-52-47(33-40)45-17-7-9-20-50(45)55-52)39-25-21-34(22-26-39)37-24-29-51-46(31-37)44-16-6-8-19-49(44)54-51/h1-33H. The summed E-state index contributed by atoms with van der Waals surface area (Å²) in [6, 6.07) is 73.6. The van der Waals surface area contributed by atoms with Gasteiger partial charge in [0, 0.05) is 57.3 Å². The van der Waals surface area contributed by atoms with E-state index >= 15 is 0 Å². The molecule has 0 N–H and O–H groups in total. The predicted molar refractivity (Wildman–Crippen MR) is 241 cm³/mol. The van der Waals surface area contributed by atoms with Gasteiger partial charge < -0.3 is 4.90 Å². The summed E-state index contributed by atoms with van der Waals surface area (Å²) in [6.45, 7) is 0. The van der Waals surface area contributed by atoms with E-state index in [-0.39, 0.29) is 0 Å². The van der Waals surface area contributed by atoms with Crippen LogP contribution in [-0.4, -0.2) is 0 Å². The molecule has 0 saturated carbocycles. The number of hydrogen-bond donors (Lipinski definition) is 0. The van der Waals surface area contributed by atoms with E-state index in [1.54, 1.807) is 0 Å². The van der Waals surface area contributed by atoms with E-state index in [0.717, 1.165) is 17.1 Å². The Labute approximate surface area is 327 Å². The van der Waals surface area contributed by atoms with Crippen LogP contribution in [0.3, 0.4) is 0 Å². The van der Waals surface area contributed by atoms with Gasteiger partial charge in [0.05, 0.1) is 5.69 Å². The smallest absolute Gasteiger partial charge is 0.0546 e. The number of rotatable bonds is 6. The maximum atomic E-state index is 2.46. The van der Waals surface area contributed by atoms with Gasteiger partial charge in [0.1, 0.15) is 0 Å².